The Kier molecular flexibility index (Phi) is 4.32. The maximum atomic E-state index is 9.84. The van der Waals surface area contributed by atoms with Crippen molar-refractivity contribution in [2.45, 2.75) is 0 Å². The number of phenols is 2. The van der Waals surface area contributed by atoms with Crippen molar-refractivity contribution < 1.29 is 10.2 Å². The van der Waals surface area contributed by atoms with Crippen LogP contribution in [0.4, 0.5) is 5.82 Å². The Bertz CT molecular complexity index is 1130. The first-order valence-electron chi connectivity index (χ1n) is 8.19. The van der Waals surface area contributed by atoms with Gasteiger partial charge in [0.05, 0.1) is 11.7 Å². The van der Waals surface area contributed by atoms with E-state index in [2.05, 4.69) is 25.5 Å². The smallest absolute Gasteiger partial charge is 0.163 e. The number of anilines is 1. The van der Waals surface area contributed by atoms with Crippen molar-refractivity contribution in [3.63, 3.8) is 0 Å². The summed E-state index contributed by atoms with van der Waals surface area (Å²) in [6.45, 7) is 0. The second-order valence-electron chi connectivity index (χ2n) is 5.77. The van der Waals surface area contributed by atoms with E-state index in [1.807, 2.05) is 36.4 Å². The number of aromatic hydroxyl groups is 2. The molecular formula is C20H15N5O2. The molecule has 4 rings (SSSR count). The number of aromatic nitrogens is 3. The number of hydrogen-bond donors (Lipinski definition) is 3. The van der Waals surface area contributed by atoms with Crippen LogP contribution in [0.25, 0.3) is 22.3 Å². The average Bonchev–Trinajstić information content (AvgIpc) is 2.70. The van der Waals surface area contributed by atoms with Crippen LogP contribution in [0.2, 0.25) is 0 Å². The van der Waals surface area contributed by atoms with Gasteiger partial charge in [-0.15, -0.1) is 0 Å². The van der Waals surface area contributed by atoms with Gasteiger partial charge in [-0.1, -0.05) is 12.1 Å². The van der Waals surface area contributed by atoms with Crippen molar-refractivity contribution >= 4 is 22.9 Å². The zero-order valence-electron chi connectivity index (χ0n) is 14.1. The summed E-state index contributed by atoms with van der Waals surface area (Å²) in [4.78, 5) is 13.3. The van der Waals surface area contributed by atoms with Gasteiger partial charge in [0, 0.05) is 35.0 Å². The topological polar surface area (TPSA) is 104 Å². The zero-order valence-corrected chi connectivity index (χ0v) is 14.1. The third-order valence-corrected chi connectivity index (χ3v) is 3.91. The van der Waals surface area contributed by atoms with E-state index in [0.29, 0.717) is 17.2 Å². The van der Waals surface area contributed by atoms with Crippen LogP contribution in [0.15, 0.2) is 72.1 Å². The second-order valence-corrected chi connectivity index (χ2v) is 5.77. The largest absolute Gasteiger partial charge is 0.508 e. The molecule has 0 aliphatic carbocycles. The highest BCUT2D eigenvalue weighted by Gasteiger charge is 2.09. The first-order valence-corrected chi connectivity index (χ1v) is 8.19. The maximum Gasteiger partial charge on any atom is 0.163 e. The van der Waals surface area contributed by atoms with Gasteiger partial charge in [-0.05, 0) is 36.4 Å². The van der Waals surface area contributed by atoms with Crippen LogP contribution in [-0.2, 0) is 0 Å². The van der Waals surface area contributed by atoms with Crippen molar-refractivity contribution in [1.82, 2.24) is 15.0 Å². The zero-order chi connectivity index (χ0) is 18.6. The molecule has 27 heavy (non-hydrogen) atoms. The van der Waals surface area contributed by atoms with Gasteiger partial charge in [0.15, 0.2) is 11.6 Å². The van der Waals surface area contributed by atoms with Gasteiger partial charge >= 0.3 is 0 Å². The molecule has 0 bridgehead atoms. The molecule has 0 amide bonds. The third-order valence-electron chi connectivity index (χ3n) is 3.91. The summed E-state index contributed by atoms with van der Waals surface area (Å²) in [5.74, 6) is 0.991. The van der Waals surface area contributed by atoms with Crippen LogP contribution in [0.1, 0.15) is 5.56 Å². The molecule has 132 valence electrons. The highest BCUT2D eigenvalue weighted by atomic mass is 16.3. The number of phenolic OH excluding ortho intramolecular Hbond substituents is 2. The maximum absolute atomic E-state index is 9.84. The van der Waals surface area contributed by atoms with Crippen LogP contribution >= 0.6 is 0 Å². The summed E-state index contributed by atoms with van der Waals surface area (Å²) in [6.07, 6.45) is 4.85. The minimum atomic E-state index is -0.0656. The molecule has 0 unspecified atom stereocenters. The van der Waals surface area contributed by atoms with E-state index in [1.165, 1.54) is 18.3 Å². The van der Waals surface area contributed by atoms with E-state index in [1.54, 1.807) is 18.5 Å². The first-order chi connectivity index (χ1) is 13.2. The lowest BCUT2D eigenvalue weighted by atomic mass is 10.2. The molecule has 0 radical (unpaired) electrons. The van der Waals surface area contributed by atoms with Gasteiger partial charge in [0.1, 0.15) is 11.5 Å². The Morgan fingerprint density at radius 3 is 2.67 bits per heavy atom. The molecule has 0 fully saturated rings. The molecule has 7 nitrogen and oxygen atoms in total. The molecule has 2 heterocycles. The molecular weight excluding hydrogens is 342 g/mol. The summed E-state index contributed by atoms with van der Waals surface area (Å²) >= 11 is 0. The Hall–Kier alpha value is -4.00. The molecule has 0 spiro atoms. The Morgan fingerprint density at radius 2 is 1.85 bits per heavy atom. The molecule has 2 aromatic carbocycles. The second kappa shape index (κ2) is 7.09. The van der Waals surface area contributed by atoms with Crippen LogP contribution < -0.4 is 5.43 Å². The highest BCUT2D eigenvalue weighted by Crippen LogP contribution is 2.25. The predicted octanol–water partition coefficient (Wildman–Crippen LogP) is 3.55. The van der Waals surface area contributed by atoms with E-state index in [-0.39, 0.29) is 11.5 Å². The van der Waals surface area contributed by atoms with Crippen molar-refractivity contribution in [3.05, 3.63) is 72.6 Å². The van der Waals surface area contributed by atoms with Crippen LogP contribution in [0.5, 0.6) is 11.5 Å². The van der Waals surface area contributed by atoms with Gasteiger partial charge in [0.2, 0.25) is 0 Å². The summed E-state index contributed by atoms with van der Waals surface area (Å²) in [5.41, 5.74) is 4.95. The molecule has 0 saturated heterocycles. The van der Waals surface area contributed by atoms with Gasteiger partial charge in [0.25, 0.3) is 0 Å². The number of hydrazone groups is 1. The monoisotopic (exact) mass is 357 g/mol. The first kappa shape index (κ1) is 16.5. The quantitative estimate of drug-likeness (QED) is 0.381. The lowest BCUT2D eigenvalue weighted by Gasteiger charge is -2.08. The van der Waals surface area contributed by atoms with Crippen LogP contribution in [0.3, 0.4) is 0 Å². The Morgan fingerprint density at radius 1 is 0.963 bits per heavy atom. The van der Waals surface area contributed by atoms with Crippen LogP contribution in [0, 0.1) is 0 Å². The van der Waals surface area contributed by atoms with Gasteiger partial charge in [-0.3, -0.25) is 10.4 Å². The van der Waals surface area contributed by atoms with E-state index < -0.39 is 0 Å². The fourth-order valence-electron chi connectivity index (χ4n) is 2.59. The number of rotatable bonds is 4. The van der Waals surface area contributed by atoms with Crippen LogP contribution in [-0.4, -0.2) is 31.4 Å². The summed E-state index contributed by atoms with van der Waals surface area (Å²) in [7, 11) is 0. The highest BCUT2D eigenvalue weighted by molar-refractivity contribution is 5.91. The SMILES string of the molecule is Oc1ccc(/C=N\Nc2nc(-c3cccnc3)nc3ccccc23)c(O)c1. The molecule has 2 aromatic heterocycles. The number of nitrogens with one attached hydrogen (secondary N) is 1. The molecule has 0 aliphatic heterocycles. The van der Waals surface area contributed by atoms with Gasteiger partial charge < -0.3 is 10.2 Å². The molecule has 4 aromatic rings. The average molecular weight is 357 g/mol. The minimum absolute atomic E-state index is 0.0134. The molecule has 0 saturated carbocycles. The Labute approximate surface area is 154 Å². The number of fused-ring (bicyclic) bond motifs is 1. The number of pyridine rings is 1. The van der Waals surface area contributed by atoms with Crippen molar-refractivity contribution in [1.29, 1.82) is 0 Å². The van der Waals surface area contributed by atoms with Gasteiger partial charge in [-0.25, -0.2) is 9.97 Å². The number of hydrogen-bond acceptors (Lipinski definition) is 7. The molecule has 0 aliphatic rings. The van der Waals surface area contributed by atoms with E-state index in [4.69, 9.17) is 0 Å². The number of nitrogens with zero attached hydrogens (tertiary/aromatic N) is 4. The molecule has 0 atom stereocenters. The molecule has 7 heteroatoms. The predicted molar refractivity (Wildman–Crippen MR) is 104 cm³/mol. The van der Waals surface area contributed by atoms with Crippen molar-refractivity contribution in [2.75, 3.05) is 5.43 Å². The summed E-state index contributed by atoms with van der Waals surface area (Å²) < 4.78 is 0. The summed E-state index contributed by atoms with van der Waals surface area (Å²) in [5, 5.41) is 24.2. The standard InChI is InChI=1S/C20H15N5O2/c26-15-8-7-13(18(27)10-15)12-22-25-20-16-5-1-2-6-17(16)23-19(24-20)14-4-3-9-21-11-14/h1-12,26-27H,(H,23,24,25)/b22-12-. The van der Waals surface area contributed by atoms with Crippen molar-refractivity contribution in [3.8, 4) is 22.9 Å². The normalized spacial score (nSPS) is 11.1. The summed E-state index contributed by atoms with van der Waals surface area (Å²) in [6, 6.07) is 15.6. The third kappa shape index (κ3) is 3.52. The van der Waals surface area contributed by atoms with E-state index in [9.17, 15) is 10.2 Å². The Balaban J connectivity index is 1.71. The number of benzene rings is 2. The van der Waals surface area contributed by atoms with E-state index >= 15 is 0 Å². The van der Waals surface area contributed by atoms with Gasteiger partial charge in [-0.2, -0.15) is 5.10 Å². The number of para-hydroxylation sites is 1. The van der Waals surface area contributed by atoms with E-state index in [0.717, 1.165) is 16.5 Å². The lowest BCUT2D eigenvalue weighted by Crippen LogP contribution is -1.99. The minimum Gasteiger partial charge on any atom is -0.508 e. The molecule has 3 N–H and O–H groups in total. The lowest BCUT2D eigenvalue weighted by molar-refractivity contribution is 0.450. The fraction of sp³-hybridized carbons (Fsp3) is 0. The fourth-order valence-corrected chi connectivity index (χ4v) is 2.59. The van der Waals surface area contributed by atoms with Crippen molar-refractivity contribution in [2.24, 2.45) is 5.10 Å².